The SMILES string of the molecule is CCCn1c(SCC(=O)OC(C)C)nc2sc3c(c2c1=O)CCC3. The molecule has 3 rings (SSSR count). The highest BCUT2D eigenvalue weighted by atomic mass is 32.2. The quantitative estimate of drug-likeness (QED) is 0.445. The van der Waals surface area contributed by atoms with Gasteiger partial charge in [-0.3, -0.25) is 14.2 Å². The van der Waals surface area contributed by atoms with E-state index in [1.807, 2.05) is 20.8 Å². The van der Waals surface area contributed by atoms with Crippen molar-refractivity contribution in [2.24, 2.45) is 0 Å². The molecule has 0 N–H and O–H groups in total. The molecule has 5 nitrogen and oxygen atoms in total. The molecule has 0 atom stereocenters. The molecule has 0 saturated heterocycles. The number of thiophene rings is 1. The first-order valence-electron chi connectivity index (χ1n) is 8.38. The van der Waals surface area contributed by atoms with Crippen molar-refractivity contribution in [1.82, 2.24) is 9.55 Å². The van der Waals surface area contributed by atoms with Gasteiger partial charge in [0.25, 0.3) is 5.56 Å². The van der Waals surface area contributed by atoms with Crippen molar-refractivity contribution in [3.8, 4) is 0 Å². The van der Waals surface area contributed by atoms with Crippen LogP contribution < -0.4 is 5.56 Å². The molecule has 2 heterocycles. The average molecular weight is 367 g/mol. The molecular formula is C17H22N2O3S2. The van der Waals surface area contributed by atoms with Gasteiger partial charge in [-0.25, -0.2) is 4.98 Å². The number of hydrogen-bond donors (Lipinski definition) is 0. The Morgan fingerprint density at radius 2 is 2.21 bits per heavy atom. The first-order valence-corrected chi connectivity index (χ1v) is 10.2. The molecule has 0 radical (unpaired) electrons. The van der Waals surface area contributed by atoms with Crippen LogP contribution in [0.15, 0.2) is 9.95 Å². The fourth-order valence-corrected chi connectivity index (χ4v) is 5.12. The van der Waals surface area contributed by atoms with Gasteiger partial charge in [-0.1, -0.05) is 18.7 Å². The van der Waals surface area contributed by atoms with Gasteiger partial charge in [-0.15, -0.1) is 11.3 Å². The van der Waals surface area contributed by atoms with Gasteiger partial charge in [0.05, 0.1) is 17.2 Å². The van der Waals surface area contributed by atoms with Crippen LogP contribution in [0.2, 0.25) is 0 Å². The molecule has 1 aliphatic carbocycles. The van der Waals surface area contributed by atoms with Crippen LogP contribution in [0.25, 0.3) is 10.2 Å². The van der Waals surface area contributed by atoms with E-state index < -0.39 is 0 Å². The number of hydrogen-bond acceptors (Lipinski definition) is 6. The summed E-state index contributed by atoms with van der Waals surface area (Å²) in [6.45, 7) is 6.31. The highest BCUT2D eigenvalue weighted by Gasteiger charge is 2.23. The van der Waals surface area contributed by atoms with E-state index in [1.165, 1.54) is 22.2 Å². The third kappa shape index (κ3) is 3.37. The maximum Gasteiger partial charge on any atom is 0.316 e. The van der Waals surface area contributed by atoms with Gasteiger partial charge in [-0.05, 0) is 45.1 Å². The molecular weight excluding hydrogens is 344 g/mol. The number of nitrogens with zero attached hydrogens (tertiary/aromatic N) is 2. The largest absolute Gasteiger partial charge is 0.462 e. The smallest absolute Gasteiger partial charge is 0.316 e. The number of carbonyl (C=O) groups is 1. The number of thioether (sulfide) groups is 1. The van der Waals surface area contributed by atoms with Crippen LogP contribution in [-0.4, -0.2) is 27.4 Å². The van der Waals surface area contributed by atoms with Crippen molar-refractivity contribution in [3.63, 3.8) is 0 Å². The minimum atomic E-state index is -0.277. The van der Waals surface area contributed by atoms with Crippen molar-refractivity contribution in [2.75, 3.05) is 5.75 Å². The van der Waals surface area contributed by atoms with Crippen molar-refractivity contribution >= 4 is 39.3 Å². The van der Waals surface area contributed by atoms with Crippen LogP contribution >= 0.6 is 23.1 Å². The van der Waals surface area contributed by atoms with E-state index in [0.29, 0.717) is 11.7 Å². The first kappa shape index (κ1) is 17.5. The van der Waals surface area contributed by atoms with Crippen LogP contribution in [0.4, 0.5) is 0 Å². The van der Waals surface area contributed by atoms with E-state index in [2.05, 4.69) is 0 Å². The maximum atomic E-state index is 13.0. The van der Waals surface area contributed by atoms with Gasteiger partial charge in [0.1, 0.15) is 4.83 Å². The molecule has 130 valence electrons. The lowest BCUT2D eigenvalue weighted by Gasteiger charge is -2.12. The third-order valence-corrected chi connectivity index (χ3v) is 6.06. The van der Waals surface area contributed by atoms with Gasteiger partial charge in [0.15, 0.2) is 5.16 Å². The van der Waals surface area contributed by atoms with E-state index in [9.17, 15) is 9.59 Å². The standard InChI is InChI=1S/C17H22N2O3S2/c1-4-8-19-16(21)14-11-6-5-7-12(11)24-15(14)18-17(19)23-9-13(20)22-10(2)3/h10H,4-9H2,1-3H3. The van der Waals surface area contributed by atoms with Crippen molar-refractivity contribution in [1.29, 1.82) is 0 Å². The Hall–Kier alpha value is -1.34. The summed E-state index contributed by atoms with van der Waals surface area (Å²) in [6.07, 6.45) is 3.87. The van der Waals surface area contributed by atoms with Crippen LogP contribution in [0.5, 0.6) is 0 Å². The molecule has 7 heteroatoms. The average Bonchev–Trinajstić information content (AvgIpc) is 3.08. The molecule has 0 aliphatic heterocycles. The van der Waals surface area contributed by atoms with Crippen molar-refractivity contribution in [3.05, 3.63) is 20.8 Å². The number of rotatable bonds is 6. The summed E-state index contributed by atoms with van der Waals surface area (Å²) in [7, 11) is 0. The molecule has 0 fully saturated rings. The number of carbonyl (C=O) groups excluding carboxylic acids is 1. The van der Waals surface area contributed by atoms with Crippen LogP contribution in [0.3, 0.4) is 0 Å². The molecule has 0 saturated carbocycles. The van der Waals surface area contributed by atoms with E-state index in [-0.39, 0.29) is 23.4 Å². The van der Waals surface area contributed by atoms with Crippen molar-refractivity contribution in [2.45, 2.75) is 64.3 Å². The lowest BCUT2D eigenvalue weighted by atomic mass is 10.2. The molecule has 2 aromatic heterocycles. The predicted molar refractivity (Wildman–Crippen MR) is 98.1 cm³/mol. The van der Waals surface area contributed by atoms with Gasteiger partial charge in [0, 0.05) is 11.4 Å². The minimum Gasteiger partial charge on any atom is -0.462 e. The molecule has 0 aromatic carbocycles. The molecule has 24 heavy (non-hydrogen) atoms. The highest BCUT2D eigenvalue weighted by molar-refractivity contribution is 7.99. The van der Waals surface area contributed by atoms with E-state index >= 15 is 0 Å². The minimum absolute atomic E-state index is 0.0426. The molecule has 0 unspecified atom stereocenters. The number of aryl methyl sites for hydroxylation is 2. The van der Waals surface area contributed by atoms with Crippen LogP contribution in [0.1, 0.15) is 44.1 Å². The number of esters is 1. The number of aromatic nitrogens is 2. The summed E-state index contributed by atoms with van der Waals surface area (Å²) in [4.78, 5) is 31.6. The molecule has 0 bridgehead atoms. The molecule has 0 spiro atoms. The first-order chi connectivity index (χ1) is 11.5. The highest BCUT2D eigenvalue weighted by Crippen LogP contribution is 2.35. The second-order valence-electron chi connectivity index (χ2n) is 6.22. The van der Waals surface area contributed by atoms with Crippen molar-refractivity contribution < 1.29 is 9.53 Å². The summed E-state index contributed by atoms with van der Waals surface area (Å²) in [5, 5.41) is 1.42. The zero-order valence-corrected chi connectivity index (χ0v) is 15.9. The summed E-state index contributed by atoms with van der Waals surface area (Å²) in [6, 6.07) is 0. The second-order valence-corrected chi connectivity index (χ2v) is 8.24. The van der Waals surface area contributed by atoms with E-state index in [0.717, 1.165) is 35.9 Å². The summed E-state index contributed by atoms with van der Waals surface area (Å²) >= 11 is 2.92. The fourth-order valence-electron chi connectivity index (χ4n) is 3.01. The molecule has 0 amide bonds. The summed E-state index contributed by atoms with van der Waals surface area (Å²) in [5.74, 6) is -0.105. The maximum absolute atomic E-state index is 13.0. The normalized spacial score (nSPS) is 13.7. The Balaban J connectivity index is 1.96. The topological polar surface area (TPSA) is 61.2 Å². The summed E-state index contributed by atoms with van der Waals surface area (Å²) in [5.41, 5.74) is 1.24. The molecule has 1 aliphatic rings. The number of ether oxygens (including phenoxy) is 1. The van der Waals surface area contributed by atoms with Gasteiger partial charge in [0.2, 0.25) is 0 Å². The lowest BCUT2D eigenvalue weighted by Crippen LogP contribution is -2.24. The van der Waals surface area contributed by atoms with Gasteiger partial charge in [-0.2, -0.15) is 0 Å². The second kappa shape index (κ2) is 7.27. The summed E-state index contributed by atoms with van der Waals surface area (Å²) < 4.78 is 6.89. The van der Waals surface area contributed by atoms with Gasteiger partial charge >= 0.3 is 5.97 Å². The van der Waals surface area contributed by atoms with Gasteiger partial charge < -0.3 is 4.74 Å². The lowest BCUT2D eigenvalue weighted by molar-refractivity contribution is -0.144. The Morgan fingerprint density at radius 1 is 1.42 bits per heavy atom. The monoisotopic (exact) mass is 366 g/mol. The Kier molecular flexibility index (Phi) is 5.30. The Labute approximate surface area is 149 Å². The predicted octanol–water partition coefficient (Wildman–Crippen LogP) is 3.40. The fraction of sp³-hybridized carbons (Fsp3) is 0.588. The van der Waals surface area contributed by atoms with E-state index in [4.69, 9.17) is 9.72 Å². The Morgan fingerprint density at radius 3 is 2.92 bits per heavy atom. The number of fused-ring (bicyclic) bond motifs is 3. The Bertz CT molecular complexity index is 823. The molecule has 2 aromatic rings. The van der Waals surface area contributed by atoms with Crippen LogP contribution in [-0.2, 0) is 28.9 Å². The van der Waals surface area contributed by atoms with E-state index in [1.54, 1.807) is 15.9 Å². The zero-order valence-electron chi connectivity index (χ0n) is 14.3. The zero-order chi connectivity index (χ0) is 17.3. The van der Waals surface area contributed by atoms with Crippen LogP contribution in [0, 0.1) is 0 Å². The third-order valence-electron chi connectivity index (χ3n) is 3.92.